The van der Waals surface area contributed by atoms with E-state index in [4.69, 9.17) is 0 Å². The lowest BCUT2D eigenvalue weighted by atomic mass is 9.95. The van der Waals surface area contributed by atoms with Gasteiger partial charge in [-0.1, -0.05) is 24.3 Å². The summed E-state index contributed by atoms with van der Waals surface area (Å²) in [5.74, 6) is 1.16. The zero-order valence-corrected chi connectivity index (χ0v) is 16.7. The van der Waals surface area contributed by atoms with E-state index in [9.17, 15) is 8.42 Å². The van der Waals surface area contributed by atoms with Gasteiger partial charge in [0.25, 0.3) is 0 Å². The molecule has 6 nitrogen and oxygen atoms in total. The molecular weight excluding hydrogens is 360 g/mol. The molecule has 3 fully saturated rings. The maximum Gasteiger partial charge on any atom is 0.211 e. The minimum absolute atomic E-state index is 0.273. The summed E-state index contributed by atoms with van der Waals surface area (Å²) < 4.78 is 25.7. The number of sulfonamides is 1. The summed E-state index contributed by atoms with van der Waals surface area (Å²) >= 11 is 0. The van der Waals surface area contributed by atoms with E-state index in [2.05, 4.69) is 27.9 Å². The van der Waals surface area contributed by atoms with Crippen LogP contribution in [0.15, 0.2) is 36.7 Å². The molecule has 0 aliphatic carbocycles. The smallest absolute Gasteiger partial charge is 0.211 e. The fraction of sp³-hybridized carbons (Fsp3) is 0.500. The van der Waals surface area contributed by atoms with E-state index >= 15 is 0 Å². The molecule has 7 heteroatoms. The van der Waals surface area contributed by atoms with Crippen LogP contribution in [0.25, 0.3) is 11.4 Å². The molecule has 0 unspecified atom stereocenters. The molecule has 2 bridgehead atoms. The lowest BCUT2D eigenvalue weighted by Gasteiger charge is -2.36. The Labute approximate surface area is 161 Å². The van der Waals surface area contributed by atoms with Crippen LogP contribution in [0.5, 0.6) is 0 Å². The van der Waals surface area contributed by atoms with Crippen molar-refractivity contribution in [1.29, 1.82) is 0 Å². The van der Waals surface area contributed by atoms with Crippen LogP contribution in [0, 0.1) is 12.8 Å². The first-order chi connectivity index (χ1) is 12.9. The van der Waals surface area contributed by atoms with Crippen molar-refractivity contribution in [1.82, 2.24) is 19.2 Å². The Kier molecular flexibility index (Phi) is 5.01. The Balaban J connectivity index is 1.49. The van der Waals surface area contributed by atoms with Crippen LogP contribution in [0.4, 0.5) is 0 Å². The normalized spacial score (nSPS) is 24.1. The van der Waals surface area contributed by atoms with Gasteiger partial charge in [-0.15, -0.1) is 0 Å². The number of nitrogens with zero attached hydrogens (tertiary/aromatic N) is 4. The van der Waals surface area contributed by atoms with Crippen LogP contribution in [-0.2, 0) is 16.6 Å². The van der Waals surface area contributed by atoms with Crippen molar-refractivity contribution >= 4 is 10.0 Å². The first-order valence-corrected chi connectivity index (χ1v) is 11.3. The van der Waals surface area contributed by atoms with Crippen LogP contribution >= 0.6 is 0 Å². The number of rotatable bonds is 4. The van der Waals surface area contributed by atoms with Crippen molar-refractivity contribution in [2.45, 2.75) is 32.4 Å². The highest BCUT2D eigenvalue weighted by Gasteiger charge is 2.37. The Morgan fingerprint density at radius 1 is 1.07 bits per heavy atom. The van der Waals surface area contributed by atoms with Crippen LogP contribution in [-0.4, -0.2) is 59.5 Å². The van der Waals surface area contributed by atoms with E-state index in [0.29, 0.717) is 19.0 Å². The van der Waals surface area contributed by atoms with Crippen LogP contribution < -0.4 is 0 Å². The Morgan fingerprint density at radius 2 is 1.81 bits per heavy atom. The maximum atomic E-state index is 12.0. The predicted molar refractivity (Wildman–Crippen MR) is 106 cm³/mol. The molecule has 27 heavy (non-hydrogen) atoms. The van der Waals surface area contributed by atoms with E-state index < -0.39 is 10.0 Å². The largest absolute Gasteiger partial charge is 0.294 e. The third kappa shape index (κ3) is 4.05. The maximum absolute atomic E-state index is 12.0. The molecule has 1 aromatic heterocycles. The highest BCUT2D eigenvalue weighted by atomic mass is 32.2. The summed E-state index contributed by atoms with van der Waals surface area (Å²) in [4.78, 5) is 11.6. The third-order valence-corrected chi connectivity index (χ3v) is 6.98. The van der Waals surface area contributed by atoms with Crippen molar-refractivity contribution in [3.8, 4) is 11.4 Å². The van der Waals surface area contributed by atoms with Crippen LogP contribution in [0.1, 0.15) is 24.0 Å². The highest BCUT2D eigenvalue weighted by molar-refractivity contribution is 7.88. The summed E-state index contributed by atoms with van der Waals surface area (Å²) in [7, 11) is -3.13. The number of hydrogen-bond donors (Lipinski definition) is 0. The first kappa shape index (κ1) is 18.5. The second-order valence-corrected chi connectivity index (χ2v) is 9.82. The SMILES string of the molecule is Cc1ccccc1-c1ncc(CN2C[C@H]3CC[C@@H]2CN(S(C)(=O)=O)C3)cn1. The lowest BCUT2D eigenvalue weighted by molar-refractivity contribution is 0.125. The average Bonchev–Trinajstić information content (AvgIpc) is 2.95. The van der Waals surface area contributed by atoms with Crippen molar-refractivity contribution in [3.05, 3.63) is 47.8 Å². The predicted octanol–water partition coefficient (Wildman–Crippen LogP) is 2.31. The van der Waals surface area contributed by atoms with Gasteiger partial charge in [0.2, 0.25) is 10.0 Å². The van der Waals surface area contributed by atoms with Crippen molar-refractivity contribution < 1.29 is 8.42 Å². The van der Waals surface area contributed by atoms with Crippen LogP contribution in [0.3, 0.4) is 0 Å². The summed E-state index contributed by atoms with van der Waals surface area (Å²) in [6.45, 7) is 5.02. The molecule has 0 spiro atoms. The van der Waals surface area contributed by atoms with Gasteiger partial charge in [0.05, 0.1) is 6.26 Å². The molecule has 4 heterocycles. The minimum atomic E-state index is -3.13. The fourth-order valence-electron chi connectivity index (χ4n) is 4.23. The molecule has 0 N–H and O–H groups in total. The molecule has 0 radical (unpaired) electrons. The van der Waals surface area contributed by atoms with Gasteiger partial charge in [0.15, 0.2) is 5.82 Å². The number of benzene rings is 1. The van der Waals surface area contributed by atoms with E-state index in [1.807, 2.05) is 30.6 Å². The van der Waals surface area contributed by atoms with Gasteiger partial charge < -0.3 is 0 Å². The molecule has 1 aromatic carbocycles. The molecule has 0 saturated carbocycles. The Hall–Kier alpha value is -1.83. The molecule has 2 aromatic rings. The van der Waals surface area contributed by atoms with Gasteiger partial charge in [-0.05, 0) is 31.2 Å². The van der Waals surface area contributed by atoms with E-state index in [1.165, 1.54) is 6.26 Å². The molecule has 144 valence electrons. The topological polar surface area (TPSA) is 66.4 Å². The number of hydrogen-bond acceptors (Lipinski definition) is 5. The van der Waals surface area contributed by atoms with Gasteiger partial charge in [-0.2, -0.15) is 0 Å². The van der Waals surface area contributed by atoms with Gasteiger partial charge in [0.1, 0.15) is 0 Å². The van der Waals surface area contributed by atoms with E-state index in [-0.39, 0.29) is 6.04 Å². The summed E-state index contributed by atoms with van der Waals surface area (Å²) in [5.41, 5.74) is 3.29. The molecule has 3 aliphatic rings. The Morgan fingerprint density at radius 3 is 2.52 bits per heavy atom. The molecule has 0 amide bonds. The summed E-state index contributed by atoms with van der Waals surface area (Å²) in [6, 6.07) is 8.39. The zero-order valence-electron chi connectivity index (χ0n) is 15.9. The van der Waals surface area contributed by atoms with Crippen LogP contribution in [0.2, 0.25) is 0 Å². The third-order valence-electron chi connectivity index (χ3n) is 5.74. The zero-order chi connectivity index (χ0) is 19.0. The van der Waals surface area contributed by atoms with Crippen molar-refractivity contribution in [3.63, 3.8) is 0 Å². The highest BCUT2D eigenvalue weighted by Crippen LogP contribution is 2.30. The molecule has 3 aliphatic heterocycles. The number of piperidine rings is 1. The number of aromatic nitrogens is 2. The van der Waals surface area contributed by atoms with Gasteiger partial charge >= 0.3 is 0 Å². The summed E-state index contributed by atoms with van der Waals surface area (Å²) in [6.07, 6.45) is 7.29. The van der Waals surface area contributed by atoms with E-state index in [0.717, 1.165) is 48.4 Å². The van der Waals surface area contributed by atoms with Crippen molar-refractivity contribution in [2.75, 3.05) is 25.9 Å². The quantitative estimate of drug-likeness (QED) is 0.807. The molecule has 5 rings (SSSR count). The van der Waals surface area contributed by atoms with Gasteiger partial charge in [0, 0.05) is 55.7 Å². The van der Waals surface area contributed by atoms with Crippen molar-refractivity contribution in [2.24, 2.45) is 5.92 Å². The first-order valence-electron chi connectivity index (χ1n) is 9.46. The lowest BCUT2D eigenvalue weighted by Crippen LogP contribution is -2.43. The monoisotopic (exact) mass is 386 g/mol. The molecular formula is C20H26N4O2S. The number of aryl methyl sites for hydroxylation is 1. The number of fused-ring (bicyclic) bond motifs is 4. The second kappa shape index (κ2) is 7.30. The standard InChI is InChI=1S/C20H26N4O2S/c1-15-5-3-4-6-19(15)20-21-9-17(10-22-20)12-23-11-16-7-8-18(23)14-24(13-16)27(2,25)26/h3-6,9-10,16,18H,7-8,11-14H2,1-2H3/t16-,18-/m1/s1. The van der Waals surface area contributed by atoms with Gasteiger partial charge in [-0.25, -0.2) is 22.7 Å². The molecule has 3 saturated heterocycles. The fourth-order valence-corrected chi connectivity index (χ4v) is 5.16. The minimum Gasteiger partial charge on any atom is -0.294 e. The average molecular weight is 387 g/mol. The van der Waals surface area contributed by atoms with E-state index in [1.54, 1.807) is 4.31 Å². The van der Waals surface area contributed by atoms with Gasteiger partial charge in [-0.3, -0.25) is 4.90 Å². The summed E-state index contributed by atoms with van der Waals surface area (Å²) in [5, 5.41) is 0. The molecule has 2 atom stereocenters. The second-order valence-electron chi connectivity index (χ2n) is 7.84. The Bertz CT molecular complexity index is 914.